The Hall–Kier alpha value is -2.30. The Morgan fingerprint density at radius 2 is 1.45 bits per heavy atom. The van der Waals surface area contributed by atoms with Crippen molar-refractivity contribution in [1.29, 1.82) is 0 Å². The van der Waals surface area contributed by atoms with E-state index in [0.717, 1.165) is 0 Å². The van der Waals surface area contributed by atoms with Crippen molar-refractivity contribution in [3.05, 3.63) is 42.0 Å². The summed E-state index contributed by atoms with van der Waals surface area (Å²) in [7, 11) is 0. The zero-order chi connectivity index (χ0) is 22.6. The van der Waals surface area contributed by atoms with E-state index in [1.165, 1.54) is 5.56 Å². The number of ether oxygens (including phenoxy) is 2. The third kappa shape index (κ3) is 9.64. The molecule has 0 saturated heterocycles. The van der Waals surface area contributed by atoms with Crippen molar-refractivity contribution in [1.82, 2.24) is 0 Å². The molecule has 0 saturated carbocycles. The number of carbonyl (C=O) groups excluding carboxylic acids is 2. The van der Waals surface area contributed by atoms with Gasteiger partial charge in [-0.25, -0.2) is 9.59 Å². The first-order chi connectivity index (χ1) is 13.6. The highest BCUT2D eigenvalue weighted by Crippen LogP contribution is 2.36. The second-order valence-electron chi connectivity index (χ2n) is 7.67. The molecule has 5 nitrogen and oxygen atoms in total. The van der Waals surface area contributed by atoms with Gasteiger partial charge in [-0.2, -0.15) is 0 Å². The molecule has 164 valence electrons. The fourth-order valence-electron chi connectivity index (χ4n) is 3.04. The Kier molecular flexibility index (Phi) is 12.7. The monoisotopic (exact) mass is 405 g/mol. The Labute approximate surface area is 176 Å². The van der Waals surface area contributed by atoms with Crippen molar-refractivity contribution < 1.29 is 19.1 Å². The molecular formula is C24H39NO4. The lowest BCUT2D eigenvalue weighted by Gasteiger charge is -2.31. The first kappa shape index (κ1) is 26.7. The number of rotatable bonds is 9. The number of carbonyl (C=O) groups is 2. The van der Waals surface area contributed by atoms with Gasteiger partial charge in [-0.15, -0.1) is 0 Å². The highest BCUT2D eigenvalue weighted by atomic mass is 16.6. The number of anilines is 1. The minimum Gasteiger partial charge on any atom is -0.459 e. The first-order valence-corrected chi connectivity index (χ1v) is 10.5. The number of esters is 1. The summed E-state index contributed by atoms with van der Waals surface area (Å²) in [5, 5.41) is 2.68. The molecule has 1 amide bonds. The summed E-state index contributed by atoms with van der Waals surface area (Å²) in [6.07, 6.45) is -0.579. The highest BCUT2D eigenvalue weighted by molar-refractivity contribution is 5.87. The molecule has 0 bridgehead atoms. The van der Waals surface area contributed by atoms with Crippen LogP contribution in [0.2, 0.25) is 0 Å². The molecule has 0 spiro atoms. The van der Waals surface area contributed by atoms with E-state index < -0.39 is 12.1 Å². The topological polar surface area (TPSA) is 64.6 Å². The second-order valence-corrected chi connectivity index (χ2v) is 7.67. The average molecular weight is 406 g/mol. The van der Waals surface area contributed by atoms with E-state index in [2.05, 4.69) is 58.6 Å². The smallest absolute Gasteiger partial charge is 0.411 e. The van der Waals surface area contributed by atoms with Crippen molar-refractivity contribution >= 4 is 17.7 Å². The van der Waals surface area contributed by atoms with Crippen LogP contribution in [0.4, 0.5) is 10.5 Å². The summed E-state index contributed by atoms with van der Waals surface area (Å²) in [5.41, 5.74) is 2.25. The van der Waals surface area contributed by atoms with E-state index in [0.29, 0.717) is 34.9 Å². The summed E-state index contributed by atoms with van der Waals surface area (Å²) < 4.78 is 9.87. The number of benzene rings is 1. The SMILES string of the molecule is C=C(C)C(=O)OCCOC(=O)Nc1ccc(C(C(C)C)C(C)C(C)C)cc1.CC. The predicted octanol–water partition coefficient (Wildman–Crippen LogP) is 6.41. The van der Waals surface area contributed by atoms with Crippen molar-refractivity contribution in [2.45, 2.75) is 61.3 Å². The van der Waals surface area contributed by atoms with Gasteiger partial charge in [0.1, 0.15) is 13.2 Å². The molecular weight excluding hydrogens is 366 g/mol. The van der Waals surface area contributed by atoms with Gasteiger partial charge in [0, 0.05) is 11.3 Å². The quantitative estimate of drug-likeness (QED) is 0.293. The Bertz CT molecular complexity index is 635. The largest absolute Gasteiger partial charge is 0.459 e. The van der Waals surface area contributed by atoms with Crippen LogP contribution in [0.5, 0.6) is 0 Å². The zero-order valence-corrected chi connectivity index (χ0v) is 19.4. The van der Waals surface area contributed by atoms with Gasteiger partial charge < -0.3 is 9.47 Å². The number of nitrogens with one attached hydrogen (secondary N) is 1. The van der Waals surface area contributed by atoms with Crippen molar-refractivity contribution in [2.24, 2.45) is 17.8 Å². The molecule has 29 heavy (non-hydrogen) atoms. The third-order valence-corrected chi connectivity index (χ3v) is 4.78. The molecule has 0 heterocycles. The van der Waals surface area contributed by atoms with E-state index in [1.807, 2.05) is 26.0 Å². The molecule has 0 fully saturated rings. The van der Waals surface area contributed by atoms with E-state index >= 15 is 0 Å². The molecule has 1 aromatic carbocycles. The van der Waals surface area contributed by atoms with Crippen LogP contribution in [0.1, 0.15) is 66.9 Å². The molecule has 1 aromatic rings. The van der Waals surface area contributed by atoms with Gasteiger partial charge in [-0.05, 0) is 48.3 Å². The minimum absolute atomic E-state index is 0.00120. The maximum atomic E-state index is 11.8. The summed E-state index contributed by atoms with van der Waals surface area (Å²) in [6.45, 7) is 20.3. The molecule has 2 unspecified atom stereocenters. The van der Waals surface area contributed by atoms with Crippen molar-refractivity contribution in [2.75, 3.05) is 18.5 Å². The molecule has 2 atom stereocenters. The molecule has 0 aliphatic carbocycles. The van der Waals surface area contributed by atoms with E-state index in [-0.39, 0.29) is 13.2 Å². The predicted molar refractivity (Wildman–Crippen MR) is 120 cm³/mol. The Morgan fingerprint density at radius 3 is 1.90 bits per heavy atom. The third-order valence-electron chi connectivity index (χ3n) is 4.78. The number of amides is 1. The number of hydrogen-bond donors (Lipinski definition) is 1. The lowest BCUT2D eigenvalue weighted by atomic mass is 9.74. The molecule has 0 aliphatic heterocycles. The van der Waals surface area contributed by atoms with E-state index in [1.54, 1.807) is 6.92 Å². The van der Waals surface area contributed by atoms with Gasteiger partial charge in [0.05, 0.1) is 0 Å². The zero-order valence-electron chi connectivity index (χ0n) is 19.4. The van der Waals surface area contributed by atoms with Crippen LogP contribution in [-0.2, 0) is 14.3 Å². The fraction of sp³-hybridized carbons (Fsp3) is 0.583. The van der Waals surface area contributed by atoms with Crippen LogP contribution < -0.4 is 5.32 Å². The number of hydrogen-bond acceptors (Lipinski definition) is 4. The summed E-state index contributed by atoms with van der Waals surface area (Å²) in [6, 6.07) is 7.90. The van der Waals surface area contributed by atoms with Gasteiger partial charge >= 0.3 is 12.1 Å². The second kappa shape index (κ2) is 13.8. The van der Waals surface area contributed by atoms with E-state index in [9.17, 15) is 9.59 Å². The maximum Gasteiger partial charge on any atom is 0.411 e. The van der Waals surface area contributed by atoms with Gasteiger partial charge in [-0.3, -0.25) is 5.32 Å². The van der Waals surface area contributed by atoms with Gasteiger partial charge in [0.15, 0.2) is 0 Å². The molecule has 1 rings (SSSR count). The lowest BCUT2D eigenvalue weighted by Crippen LogP contribution is -2.20. The van der Waals surface area contributed by atoms with Crippen LogP contribution in [0, 0.1) is 17.8 Å². The standard InChI is InChI=1S/C22H33NO4.C2H6/c1-14(2)17(7)20(15(3)4)18-8-10-19(11-9-18)23-22(25)27-13-12-26-21(24)16(5)6;1-2/h8-11,14-15,17,20H,5,12-13H2,1-4,6-7H3,(H,23,25);1-2H3. The Balaban J connectivity index is 0.00000379. The molecule has 1 N–H and O–H groups in total. The molecule has 5 heteroatoms. The maximum absolute atomic E-state index is 11.8. The van der Waals surface area contributed by atoms with Gasteiger partial charge in [-0.1, -0.05) is 67.2 Å². The first-order valence-electron chi connectivity index (χ1n) is 10.5. The van der Waals surface area contributed by atoms with Crippen LogP contribution in [-0.4, -0.2) is 25.3 Å². The average Bonchev–Trinajstić information content (AvgIpc) is 2.67. The van der Waals surface area contributed by atoms with Crippen molar-refractivity contribution in [3.8, 4) is 0 Å². The fourth-order valence-corrected chi connectivity index (χ4v) is 3.04. The van der Waals surface area contributed by atoms with Crippen molar-refractivity contribution in [3.63, 3.8) is 0 Å². The van der Waals surface area contributed by atoms with Crippen LogP contribution in [0.15, 0.2) is 36.4 Å². The summed E-state index contributed by atoms with van der Waals surface area (Å²) in [4.78, 5) is 23.0. The van der Waals surface area contributed by atoms with Crippen LogP contribution >= 0.6 is 0 Å². The Morgan fingerprint density at radius 1 is 0.931 bits per heavy atom. The molecule has 0 aliphatic rings. The van der Waals surface area contributed by atoms with E-state index in [4.69, 9.17) is 9.47 Å². The van der Waals surface area contributed by atoms with Crippen LogP contribution in [0.3, 0.4) is 0 Å². The highest BCUT2D eigenvalue weighted by Gasteiger charge is 2.24. The summed E-state index contributed by atoms with van der Waals surface area (Å²) >= 11 is 0. The minimum atomic E-state index is -0.579. The van der Waals surface area contributed by atoms with Crippen LogP contribution in [0.25, 0.3) is 0 Å². The normalized spacial score (nSPS) is 12.5. The lowest BCUT2D eigenvalue weighted by molar-refractivity contribution is -0.139. The molecule has 0 aromatic heterocycles. The van der Waals surface area contributed by atoms with Gasteiger partial charge in [0.2, 0.25) is 0 Å². The summed E-state index contributed by atoms with van der Waals surface area (Å²) in [5.74, 6) is 1.67. The molecule has 0 radical (unpaired) electrons. The van der Waals surface area contributed by atoms with Gasteiger partial charge in [0.25, 0.3) is 0 Å².